The van der Waals surface area contributed by atoms with Crippen molar-refractivity contribution in [2.45, 2.75) is 31.2 Å². The first-order valence-electron chi connectivity index (χ1n) is 12.2. The molecule has 3 unspecified atom stereocenters. The average molecular weight is 568 g/mol. The van der Waals surface area contributed by atoms with Gasteiger partial charge in [-0.15, -0.1) is 11.3 Å². The summed E-state index contributed by atoms with van der Waals surface area (Å²) >= 11 is 1.11. The number of halogens is 4. The second-order valence-electron chi connectivity index (χ2n) is 9.41. The van der Waals surface area contributed by atoms with Gasteiger partial charge in [-0.25, -0.2) is 17.6 Å². The number of anilines is 2. The van der Waals surface area contributed by atoms with Crippen molar-refractivity contribution < 1.29 is 26.9 Å². The number of piperidine rings is 1. The number of benzene rings is 2. The maximum absolute atomic E-state index is 14.8. The lowest BCUT2D eigenvalue weighted by atomic mass is 10.0. The summed E-state index contributed by atoms with van der Waals surface area (Å²) in [6.07, 6.45) is -6.25. The molecule has 2 heterocycles. The molecule has 0 saturated carbocycles. The van der Waals surface area contributed by atoms with E-state index in [9.17, 15) is 22.1 Å². The largest absolute Gasteiger partial charge is 0.495 e. The van der Waals surface area contributed by atoms with Crippen molar-refractivity contribution in [3.05, 3.63) is 46.8 Å². The van der Waals surface area contributed by atoms with Crippen LogP contribution in [-0.2, 0) is 4.57 Å². The van der Waals surface area contributed by atoms with Crippen LogP contribution in [0.3, 0.4) is 0 Å². The maximum Gasteiger partial charge on any atom is 0.273 e. The van der Waals surface area contributed by atoms with Crippen molar-refractivity contribution in [1.29, 1.82) is 0 Å². The van der Waals surface area contributed by atoms with Gasteiger partial charge >= 0.3 is 0 Å². The Labute approximate surface area is 223 Å². The van der Waals surface area contributed by atoms with E-state index in [0.29, 0.717) is 45.5 Å². The topological polar surface area (TPSA) is 62.4 Å². The van der Waals surface area contributed by atoms with Gasteiger partial charge in [-0.05, 0) is 50.6 Å². The van der Waals surface area contributed by atoms with Crippen LogP contribution in [0, 0.1) is 11.8 Å². The molecule has 0 spiro atoms. The minimum atomic E-state index is -3.21. The van der Waals surface area contributed by atoms with E-state index in [4.69, 9.17) is 4.74 Å². The molecule has 3 atom stereocenters. The number of alkyl halides is 4. The summed E-state index contributed by atoms with van der Waals surface area (Å²) in [7, 11) is -0.966. The van der Waals surface area contributed by atoms with Gasteiger partial charge in [0.15, 0.2) is 6.17 Å². The first-order valence-corrected chi connectivity index (χ1v) is 15.6. The molecule has 2 aromatic carbocycles. The molecule has 1 aromatic heterocycles. The highest BCUT2D eigenvalue weighted by atomic mass is 32.1. The summed E-state index contributed by atoms with van der Waals surface area (Å²) in [5, 5.41) is 10.3. The summed E-state index contributed by atoms with van der Waals surface area (Å²) in [5.74, 6) is 6.24. The van der Waals surface area contributed by atoms with Gasteiger partial charge in [0, 0.05) is 22.8 Å². The first kappa shape index (κ1) is 28.3. The third kappa shape index (κ3) is 6.28. The van der Waals surface area contributed by atoms with Gasteiger partial charge in [0.05, 0.1) is 40.6 Å². The van der Waals surface area contributed by atoms with Crippen LogP contribution in [-0.4, -0.2) is 58.7 Å². The SMILES string of the molecule is COc1cc(P(C)(C)=O)ccc1NCC#Cc1sc2c(NC3CCNCC3F)cccc2c1C(F)C(F)F. The molecular formula is C27H30F4N3O2PS. The molecule has 4 rings (SSSR count). The molecular weight excluding hydrogens is 537 g/mol. The third-order valence-corrected chi connectivity index (χ3v) is 9.07. The lowest BCUT2D eigenvalue weighted by Gasteiger charge is -2.28. The number of hydrogen-bond donors (Lipinski definition) is 3. The lowest BCUT2D eigenvalue weighted by Crippen LogP contribution is -2.45. The molecule has 0 bridgehead atoms. The molecule has 204 valence electrons. The van der Waals surface area contributed by atoms with Crippen molar-refractivity contribution in [3.63, 3.8) is 0 Å². The number of fused-ring (bicyclic) bond motifs is 1. The Bertz CT molecular complexity index is 1400. The highest BCUT2D eigenvalue weighted by Crippen LogP contribution is 2.42. The molecule has 3 aromatic rings. The number of hydrogen-bond acceptors (Lipinski definition) is 6. The normalized spacial score (nSPS) is 18.6. The fraction of sp³-hybridized carbons (Fsp3) is 0.407. The van der Waals surface area contributed by atoms with Crippen molar-refractivity contribution in [1.82, 2.24) is 5.32 Å². The van der Waals surface area contributed by atoms with Gasteiger partial charge in [-0.3, -0.25) is 0 Å². The Morgan fingerprint density at radius 3 is 2.68 bits per heavy atom. The second kappa shape index (κ2) is 12.0. The van der Waals surface area contributed by atoms with E-state index in [1.54, 1.807) is 49.7 Å². The molecule has 0 radical (unpaired) electrons. The minimum Gasteiger partial charge on any atom is -0.495 e. The highest BCUT2D eigenvalue weighted by Gasteiger charge is 2.30. The number of nitrogens with one attached hydrogen (secondary N) is 3. The van der Waals surface area contributed by atoms with E-state index in [0.717, 1.165) is 11.3 Å². The Morgan fingerprint density at radius 1 is 1.21 bits per heavy atom. The Hall–Kier alpha value is -2.73. The van der Waals surface area contributed by atoms with Crippen LogP contribution in [0.4, 0.5) is 28.9 Å². The quantitative estimate of drug-likeness (QED) is 0.177. The summed E-state index contributed by atoms with van der Waals surface area (Å²) in [6.45, 7) is 4.37. The Balaban J connectivity index is 1.62. The number of ether oxygens (including phenoxy) is 1. The molecule has 1 aliphatic heterocycles. The van der Waals surface area contributed by atoms with Crippen LogP contribution in [0.1, 0.15) is 23.0 Å². The van der Waals surface area contributed by atoms with E-state index in [1.807, 2.05) is 0 Å². The standard InChI is InChI=1S/C27H30F4N3O2PS/c1-36-22-14-16(37(2,3)35)9-10-20(22)33-12-5-8-23-24(25(29)27(30)31)17-6-4-7-21(26(17)38-23)34-19-11-13-32-15-18(19)28/h4,6-7,9-10,14,18-19,25,27,32-34H,11-13,15H2,1-3H3. The number of thiophene rings is 1. The van der Waals surface area contributed by atoms with Crippen LogP contribution in [0.5, 0.6) is 5.75 Å². The number of rotatable bonds is 8. The second-order valence-corrected chi connectivity index (χ2v) is 13.7. The molecule has 0 amide bonds. The maximum atomic E-state index is 14.8. The fourth-order valence-corrected chi connectivity index (χ4v) is 6.40. The van der Waals surface area contributed by atoms with Crippen LogP contribution in [0.25, 0.3) is 10.1 Å². The van der Waals surface area contributed by atoms with Gasteiger partial charge in [-0.1, -0.05) is 24.0 Å². The minimum absolute atomic E-state index is 0.134. The molecule has 1 saturated heterocycles. The van der Waals surface area contributed by atoms with Gasteiger partial charge in [-0.2, -0.15) is 0 Å². The Kier molecular flexibility index (Phi) is 8.92. The fourth-order valence-electron chi connectivity index (χ4n) is 4.35. The number of methoxy groups -OCH3 is 1. The Morgan fingerprint density at radius 2 is 2.00 bits per heavy atom. The van der Waals surface area contributed by atoms with Crippen LogP contribution >= 0.6 is 18.5 Å². The zero-order valence-electron chi connectivity index (χ0n) is 21.3. The zero-order valence-corrected chi connectivity index (χ0v) is 23.0. The van der Waals surface area contributed by atoms with Crippen molar-refractivity contribution in [2.75, 3.05) is 50.7 Å². The summed E-state index contributed by atoms with van der Waals surface area (Å²) in [5.41, 5.74) is 1.05. The van der Waals surface area contributed by atoms with Gasteiger partial charge in [0.1, 0.15) is 19.1 Å². The average Bonchev–Trinajstić information content (AvgIpc) is 3.26. The molecule has 1 aliphatic rings. The molecule has 38 heavy (non-hydrogen) atoms. The van der Waals surface area contributed by atoms with Crippen LogP contribution < -0.4 is 26.0 Å². The van der Waals surface area contributed by atoms with E-state index >= 15 is 0 Å². The van der Waals surface area contributed by atoms with Crippen molar-refractivity contribution in [3.8, 4) is 17.6 Å². The van der Waals surface area contributed by atoms with E-state index in [2.05, 4.69) is 27.8 Å². The smallest absolute Gasteiger partial charge is 0.273 e. The zero-order chi connectivity index (χ0) is 27.4. The summed E-state index contributed by atoms with van der Waals surface area (Å²) in [6, 6.07) is 9.74. The first-order chi connectivity index (χ1) is 18.1. The molecule has 0 aliphatic carbocycles. The monoisotopic (exact) mass is 567 g/mol. The van der Waals surface area contributed by atoms with Crippen molar-refractivity contribution >= 4 is 45.2 Å². The van der Waals surface area contributed by atoms with Crippen LogP contribution in [0.2, 0.25) is 0 Å². The molecule has 5 nitrogen and oxygen atoms in total. The van der Waals surface area contributed by atoms with Gasteiger partial charge in [0.25, 0.3) is 6.43 Å². The third-order valence-electron chi connectivity index (χ3n) is 6.38. The molecule has 1 fully saturated rings. The summed E-state index contributed by atoms with van der Waals surface area (Å²) in [4.78, 5) is 0.200. The van der Waals surface area contributed by atoms with Crippen molar-refractivity contribution in [2.24, 2.45) is 0 Å². The van der Waals surface area contributed by atoms with Crippen LogP contribution in [0.15, 0.2) is 36.4 Å². The lowest BCUT2D eigenvalue weighted by molar-refractivity contribution is 0.0504. The van der Waals surface area contributed by atoms with Gasteiger partial charge < -0.3 is 25.3 Å². The van der Waals surface area contributed by atoms with Gasteiger partial charge in [0.2, 0.25) is 0 Å². The highest BCUT2D eigenvalue weighted by molar-refractivity contribution is 7.70. The predicted molar refractivity (Wildman–Crippen MR) is 149 cm³/mol. The van der Waals surface area contributed by atoms with E-state index in [-0.39, 0.29) is 23.5 Å². The van der Waals surface area contributed by atoms with E-state index in [1.165, 1.54) is 7.11 Å². The summed E-state index contributed by atoms with van der Waals surface area (Å²) < 4.78 is 74.5. The predicted octanol–water partition coefficient (Wildman–Crippen LogP) is 6.01. The van der Waals surface area contributed by atoms with E-state index < -0.39 is 32.0 Å². The molecule has 11 heteroatoms. The molecule has 3 N–H and O–H groups in total.